The molecule has 2 aromatic carbocycles. The van der Waals surface area contributed by atoms with Crippen LogP contribution in [0.25, 0.3) is 10.9 Å². The first-order chi connectivity index (χ1) is 11.5. The summed E-state index contributed by atoms with van der Waals surface area (Å²) in [7, 11) is 0. The third-order valence-electron chi connectivity index (χ3n) is 3.88. The standard InChI is InChI=1S/C19H17IN2O2/c1-12-6-7-13-11-14(18(23)22-17(13)10-12)8-9-21-19(24)15-4-2-3-5-16(15)20/h2-7,10-11H,8-9H2,1H3,(H,21,24)(H,22,23). The van der Waals surface area contributed by atoms with E-state index in [9.17, 15) is 9.59 Å². The van der Waals surface area contributed by atoms with E-state index in [0.717, 1.165) is 20.0 Å². The van der Waals surface area contributed by atoms with E-state index >= 15 is 0 Å². The fraction of sp³-hybridized carbons (Fsp3) is 0.158. The number of rotatable bonds is 4. The molecule has 0 saturated heterocycles. The molecule has 1 heterocycles. The molecular formula is C19H17IN2O2. The van der Waals surface area contributed by atoms with Crippen LogP contribution in [0.3, 0.4) is 0 Å². The van der Waals surface area contributed by atoms with E-state index in [0.29, 0.717) is 24.1 Å². The number of benzene rings is 2. The lowest BCUT2D eigenvalue weighted by Gasteiger charge is -2.07. The van der Waals surface area contributed by atoms with E-state index in [1.807, 2.05) is 49.4 Å². The topological polar surface area (TPSA) is 62.0 Å². The average Bonchev–Trinajstić information content (AvgIpc) is 2.55. The highest BCUT2D eigenvalue weighted by atomic mass is 127. The van der Waals surface area contributed by atoms with Gasteiger partial charge in [0.05, 0.1) is 5.56 Å². The molecule has 3 rings (SSSR count). The minimum absolute atomic E-state index is 0.100. The molecule has 1 amide bonds. The van der Waals surface area contributed by atoms with Crippen LogP contribution >= 0.6 is 22.6 Å². The number of nitrogens with one attached hydrogen (secondary N) is 2. The molecule has 1 aromatic heterocycles. The molecule has 0 unspecified atom stereocenters. The van der Waals surface area contributed by atoms with Gasteiger partial charge in [-0.25, -0.2) is 0 Å². The maximum Gasteiger partial charge on any atom is 0.252 e. The number of aromatic nitrogens is 1. The van der Waals surface area contributed by atoms with Gasteiger partial charge in [0, 0.05) is 21.2 Å². The number of halogens is 1. The van der Waals surface area contributed by atoms with Gasteiger partial charge in [0.25, 0.3) is 11.5 Å². The van der Waals surface area contributed by atoms with Gasteiger partial charge >= 0.3 is 0 Å². The molecule has 0 aliphatic rings. The van der Waals surface area contributed by atoms with Crippen LogP contribution in [0.1, 0.15) is 21.5 Å². The van der Waals surface area contributed by atoms with Crippen molar-refractivity contribution in [3.63, 3.8) is 0 Å². The molecule has 2 N–H and O–H groups in total. The summed E-state index contributed by atoms with van der Waals surface area (Å²) in [5.74, 6) is -0.118. The highest BCUT2D eigenvalue weighted by Crippen LogP contribution is 2.13. The second-order valence-electron chi connectivity index (χ2n) is 5.70. The minimum atomic E-state index is -0.118. The third kappa shape index (κ3) is 3.67. The summed E-state index contributed by atoms with van der Waals surface area (Å²) in [4.78, 5) is 27.3. The Bertz CT molecular complexity index is 963. The number of H-pyrrole nitrogens is 1. The molecule has 3 aromatic rings. The summed E-state index contributed by atoms with van der Waals surface area (Å²) >= 11 is 2.14. The van der Waals surface area contributed by atoms with Crippen molar-refractivity contribution < 1.29 is 4.79 Å². The normalized spacial score (nSPS) is 10.8. The molecule has 5 heteroatoms. The lowest BCUT2D eigenvalue weighted by molar-refractivity contribution is 0.0953. The Morgan fingerprint density at radius 1 is 1.17 bits per heavy atom. The SMILES string of the molecule is Cc1ccc2cc(CCNC(=O)c3ccccc3I)c(=O)[nH]c2c1. The number of aryl methyl sites for hydroxylation is 1. The Labute approximate surface area is 153 Å². The van der Waals surface area contributed by atoms with Crippen LogP contribution in [0.5, 0.6) is 0 Å². The first-order valence-electron chi connectivity index (χ1n) is 7.70. The molecule has 0 aliphatic carbocycles. The Morgan fingerprint density at radius 3 is 2.75 bits per heavy atom. The predicted octanol–water partition coefficient (Wildman–Crippen LogP) is 3.41. The van der Waals surface area contributed by atoms with E-state index in [1.165, 1.54) is 0 Å². The summed E-state index contributed by atoms with van der Waals surface area (Å²) in [5.41, 5.74) is 3.18. The van der Waals surface area contributed by atoms with Crippen LogP contribution in [0.2, 0.25) is 0 Å². The monoisotopic (exact) mass is 432 g/mol. The van der Waals surface area contributed by atoms with E-state index in [4.69, 9.17) is 0 Å². The summed E-state index contributed by atoms with van der Waals surface area (Å²) in [6.45, 7) is 2.41. The zero-order valence-electron chi connectivity index (χ0n) is 13.2. The van der Waals surface area contributed by atoms with E-state index in [1.54, 1.807) is 6.07 Å². The second-order valence-corrected chi connectivity index (χ2v) is 6.86. The Kier molecular flexibility index (Phi) is 4.99. The number of carbonyl (C=O) groups excluding carboxylic acids is 1. The van der Waals surface area contributed by atoms with E-state index in [-0.39, 0.29) is 11.5 Å². The van der Waals surface area contributed by atoms with Crippen LogP contribution in [-0.4, -0.2) is 17.4 Å². The molecule has 0 saturated carbocycles. The molecule has 0 fully saturated rings. The van der Waals surface area contributed by atoms with Crippen molar-refractivity contribution in [1.82, 2.24) is 10.3 Å². The molecule has 24 heavy (non-hydrogen) atoms. The maximum absolute atomic E-state index is 12.2. The molecule has 0 radical (unpaired) electrons. The van der Waals surface area contributed by atoms with Crippen molar-refractivity contribution in [2.45, 2.75) is 13.3 Å². The fourth-order valence-corrected chi connectivity index (χ4v) is 3.23. The first kappa shape index (κ1) is 16.7. The second kappa shape index (κ2) is 7.17. The Morgan fingerprint density at radius 2 is 1.96 bits per heavy atom. The first-order valence-corrected chi connectivity index (χ1v) is 8.78. The van der Waals surface area contributed by atoms with Crippen LogP contribution < -0.4 is 10.9 Å². The van der Waals surface area contributed by atoms with Crippen LogP contribution in [0, 0.1) is 10.5 Å². The molecule has 122 valence electrons. The van der Waals surface area contributed by atoms with E-state index < -0.39 is 0 Å². The van der Waals surface area contributed by atoms with Gasteiger partial charge < -0.3 is 10.3 Å². The molecule has 0 bridgehead atoms. The lowest BCUT2D eigenvalue weighted by atomic mass is 10.1. The largest absolute Gasteiger partial charge is 0.352 e. The summed E-state index contributed by atoms with van der Waals surface area (Å²) in [6, 6.07) is 15.3. The quantitative estimate of drug-likeness (QED) is 0.621. The van der Waals surface area contributed by atoms with Gasteiger partial charge in [0.2, 0.25) is 0 Å². The number of fused-ring (bicyclic) bond motifs is 1. The van der Waals surface area contributed by atoms with Gasteiger partial charge in [-0.1, -0.05) is 24.3 Å². The van der Waals surface area contributed by atoms with E-state index in [2.05, 4.69) is 32.9 Å². The van der Waals surface area contributed by atoms with Gasteiger partial charge in [-0.05, 0) is 71.2 Å². The van der Waals surface area contributed by atoms with Crippen LogP contribution in [0.15, 0.2) is 53.3 Å². The van der Waals surface area contributed by atoms with Gasteiger partial charge in [-0.15, -0.1) is 0 Å². The van der Waals surface area contributed by atoms with Crippen molar-refractivity contribution >= 4 is 39.4 Å². The fourth-order valence-electron chi connectivity index (χ4n) is 2.60. The van der Waals surface area contributed by atoms with Crippen molar-refractivity contribution in [3.8, 4) is 0 Å². The zero-order valence-corrected chi connectivity index (χ0v) is 15.4. The number of aromatic amines is 1. The highest BCUT2D eigenvalue weighted by molar-refractivity contribution is 14.1. The van der Waals surface area contributed by atoms with Crippen molar-refractivity contribution in [2.75, 3.05) is 6.54 Å². The molecule has 0 aliphatic heterocycles. The predicted molar refractivity (Wildman–Crippen MR) is 105 cm³/mol. The highest BCUT2D eigenvalue weighted by Gasteiger charge is 2.09. The Hall–Kier alpha value is -2.15. The van der Waals surface area contributed by atoms with Crippen molar-refractivity contribution in [3.05, 3.63) is 79.1 Å². The summed E-state index contributed by atoms with van der Waals surface area (Å²) in [5, 5.41) is 3.88. The molecular weight excluding hydrogens is 415 g/mol. The summed E-state index contributed by atoms with van der Waals surface area (Å²) in [6.07, 6.45) is 0.494. The average molecular weight is 432 g/mol. The number of amides is 1. The van der Waals surface area contributed by atoms with Crippen molar-refractivity contribution in [2.24, 2.45) is 0 Å². The number of carbonyl (C=O) groups is 1. The Balaban J connectivity index is 1.71. The number of hydrogen-bond donors (Lipinski definition) is 2. The van der Waals surface area contributed by atoms with Gasteiger partial charge in [0.15, 0.2) is 0 Å². The third-order valence-corrected chi connectivity index (χ3v) is 4.82. The molecule has 0 atom stereocenters. The number of pyridine rings is 1. The summed E-state index contributed by atoms with van der Waals surface area (Å²) < 4.78 is 0.909. The van der Waals surface area contributed by atoms with Gasteiger partial charge in [0.1, 0.15) is 0 Å². The van der Waals surface area contributed by atoms with Crippen LogP contribution in [0.4, 0.5) is 0 Å². The zero-order chi connectivity index (χ0) is 17.1. The molecule has 0 spiro atoms. The molecule has 4 nitrogen and oxygen atoms in total. The lowest BCUT2D eigenvalue weighted by Crippen LogP contribution is -2.28. The van der Waals surface area contributed by atoms with Gasteiger partial charge in [-0.2, -0.15) is 0 Å². The minimum Gasteiger partial charge on any atom is -0.352 e. The van der Waals surface area contributed by atoms with Crippen LogP contribution in [-0.2, 0) is 6.42 Å². The maximum atomic E-state index is 12.2. The van der Waals surface area contributed by atoms with Crippen molar-refractivity contribution in [1.29, 1.82) is 0 Å². The smallest absolute Gasteiger partial charge is 0.252 e. The number of hydrogen-bond acceptors (Lipinski definition) is 2. The van der Waals surface area contributed by atoms with Gasteiger partial charge in [-0.3, -0.25) is 9.59 Å².